The van der Waals surface area contributed by atoms with E-state index in [0.29, 0.717) is 19.4 Å². The maximum atomic E-state index is 12.8. The highest BCUT2D eigenvalue weighted by atomic mass is 32.2. The maximum Gasteiger partial charge on any atom is 0.239 e. The van der Waals surface area contributed by atoms with Crippen molar-refractivity contribution in [2.45, 2.75) is 24.9 Å². The lowest BCUT2D eigenvalue weighted by Gasteiger charge is -2.25. The summed E-state index contributed by atoms with van der Waals surface area (Å²) in [5.41, 5.74) is 1.93. The van der Waals surface area contributed by atoms with Crippen molar-refractivity contribution in [1.82, 2.24) is 9.62 Å². The Morgan fingerprint density at radius 1 is 1.04 bits per heavy atom. The van der Waals surface area contributed by atoms with Crippen molar-refractivity contribution in [1.29, 1.82) is 0 Å². The first-order valence-electron chi connectivity index (χ1n) is 8.34. The van der Waals surface area contributed by atoms with E-state index in [9.17, 15) is 13.2 Å². The molecule has 0 aromatic heterocycles. The zero-order chi connectivity index (χ0) is 17.9. The molecule has 1 aliphatic rings. The van der Waals surface area contributed by atoms with E-state index in [1.807, 2.05) is 60.7 Å². The van der Waals surface area contributed by atoms with E-state index in [1.165, 1.54) is 4.31 Å². The highest BCUT2D eigenvalue weighted by molar-refractivity contribution is 7.88. The Balaban J connectivity index is 1.87. The van der Waals surface area contributed by atoms with Crippen molar-refractivity contribution in [3.8, 4) is 0 Å². The third-order valence-corrected chi connectivity index (χ3v) is 5.77. The quantitative estimate of drug-likeness (QED) is 0.892. The number of sulfonamides is 1. The van der Waals surface area contributed by atoms with Crippen LogP contribution in [0.1, 0.15) is 30.0 Å². The third kappa shape index (κ3) is 4.08. The van der Waals surface area contributed by atoms with Crippen LogP contribution in [0.25, 0.3) is 0 Å². The smallest absolute Gasteiger partial charge is 0.239 e. The Labute approximate surface area is 148 Å². The van der Waals surface area contributed by atoms with Gasteiger partial charge in [0.25, 0.3) is 0 Å². The number of benzene rings is 2. The van der Waals surface area contributed by atoms with Gasteiger partial charge in [-0.1, -0.05) is 60.7 Å². The number of carbonyl (C=O) groups is 1. The van der Waals surface area contributed by atoms with Gasteiger partial charge < -0.3 is 5.32 Å². The van der Waals surface area contributed by atoms with Gasteiger partial charge in [0, 0.05) is 6.54 Å². The van der Waals surface area contributed by atoms with E-state index in [2.05, 4.69) is 5.32 Å². The summed E-state index contributed by atoms with van der Waals surface area (Å²) < 4.78 is 25.1. The fourth-order valence-corrected chi connectivity index (χ4v) is 4.41. The molecule has 1 heterocycles. The van der Waals surface area contributed by atoms with Crippen LogP contribution < -0.4 is 5.32 Å². The summed E-state index contributed by atoms with van der Waals surface area (Å²) in [5, 5.41) is 3.05. The van der Waals surface area contributed by atoms with Gasteiger partial charge in [-0.15, -0.1) is 0 Å². The van der Waals surface area contributed by atoms with Crippen LogP contribution in [0.2, 0.25) is 0 Å². The minimum Gasteiger partial charge on any atom is -0.344 e. The van der Waals surface area contributed by atoms with Crippen molar-refractivity contribution >= 4 is 15.9 Å². The molecular weight excluding hydrogens is 336 g/mol. The zero-order valence-electron chi connectivity index (χ0n) is 14.1. The lowest BCUT2D eigenvalue weighted by atomic mass is 9.98. The van der Waals surface area contributed by atoms with Crippen molar-refractivity contribution in [2.75, 3.05) is 12.8 Å². The fraction of sp³-hybridized carbons (Fsp3) is 0.316. The van der Waals surface area contributed by atoms with Crippen LogP contribution in [0.4, 0.5) is 0 Å². The Bertz CT molecular complexity index is 783. The average molecular weight is 358 g/mol. The van der Waals surface area contributed by atoms with Gasteiger partial charge in [-0.05, 0) is 24.0 Å². The summed E-state index contributed by atoms with van der Waals surface area (Å²) in [5.74, 6) is -0.249. The van der Waals surface area contributed by atoms with Crippen LogP contribution in [0.5, 0.6) is 0 Å². The summed E-state index contributed by atoms with van der Waals surface area (Å²) in [6.07, 6.45) is 2.41. The van der Waals surface area contributed by atoms with Gasteiger partial charge in [0.2, 0.25) is 15.9 Å². The van der Waals surface area contributed by atoms with E-state index in [4.69, 9.17) is 0 Å². The molecule has 0 bridgehead atoms. The molecule has 1 saturated heterocycles. The number of hydrogen-bond acceptors (Lipinski definition) is 3. The summed E-state index contributed by atoms with van der Waals surface area (Å²) in [4.78, 5) is 12.8. The van der Waals surface area contributed by atoms with Gasteiger partial charge in [0.1, 0.15) is 6.04 Å². The Morgan fingerprint density at radius 2 is 1.56 bits per heavy atom. The molecule has 25 heavy (non-hydrogen) atoms. The largest absolute Gasteiger partial charge is 0.344 e. The second-order valence-electron chi connectivity index (χ2n) is 6.29. The number of rotatable bonds is 5. The normalized spacial score (nSPS) is 18.4. The van der Waals surface area contributed by atoms with Gasteiger partial charge in [-0.3, -0.25) is 4.79 Å². The molecule has 1 atom stereocenters. The summed E-state index contributed by atoms with van der Waals surface area (Å²) in [6.45, 7) is 0.401. The molecule has 2 aromatic rings. The van der Waals surface area contributed by atoms with E-state index in [0.717, 1.165) is 17.4 Å². The monoisotopic (exact) mass is 358 g/mol. The minimum atomic E-state index is -3.39. The molecular formula is C19H22N2O3S. The number of carbonyl (C=O) groups excluding carboxylic acids is 1. The summed E-state index contributed by atoms with van der Waals surface area (Å²) in [6, 6.07) is 18.5. The third-order valence-electron chi connectivity index (χ3n) is 4.48. The van der Waals surface area contributed by atoms with Crippen molar-refractivity contribution in [3.63, 3.8) is 0 Å². The first kappa shape index (κ1) is 17.6. The van der Waals surface area contributed by atoms with Crippen molar-refractivity contribution < 1.29 is 13.2 Å². The van der Waals surface area contributed by atoms with Crippen LogP contribution in [-0.4, -0.2) is 37.5 Å². The molecule has 0 spiro atoms. The summed E-state index contributed by atoms with van der Waals surface area (Å²) >= 11 is 0. The topological polar surface area (TPSA) is 66.5 Å². The fourth-order valence-electron chi connectivity index (χ4n) is 3.29. The lowest BCUT2D eigenvalue weighted by Crippen LogP contribution is -2.46. The minimum absolute atomic E-state index is 0.249. The predicted octanol–water partition coefficient (Wildman–Crippen LogP) is 2.32. The van der Waals surface area contributed by atoms with Crippen LogP contribution >= 0.6 is 0 Å². The average Bonchev–Trinajstić information content (AvgIpc) is 3.11. The highest BCUT2D eigenvalue weighted by Gasteiger charge is 2.37. The van der Waals surface area contributed by atoms with Crippen molar-refractivity contribution in [3.05, 3.63) is 71.8 Å². The molecule has 2 aromatic carbocycles. The molecule has 0 radical (unpaired) electrons. The lowest BCUT2D eigenvalue weighted by molar-refractivity contribution is -0.124. The molecule has 3 rings (SSSR count). The molecule has 1 amide bonds. The van der Waals surface area contributed by atoms with Crippen LogP contribution in [0.15, 0.2) is 60.7 Å². The summed E-state index contributed by atoms with van der Waals surface area (Å²) in [7, 11) is -3.39. The van der Waals surface area contributed by atoms with Gasteiger partial charge >= 0.3 is 0 Å². The van der Waals surface area contributed by atoms with Gasteiger partial charge in [0.15, 0.2) is 0 Å². The van der Waals surface area contributed by atoms with Gasteiger partial charge in [-0.25, -0.2) is 8.42 Å². The highest BCUT2D eigenvalue weighted by Crippen LogP contribution is 2.25. The van der Waals surface area contributed by atoms with E-state index >= 15 is 0 Å². The number of nitrogens with zero attached hydrogens (tertiary/aromatic N) is 1. The van der Waals surface area contributed by atoms with Crippen LogP contribution in [0.3, 0.4) is 0 Å². The number of nitrogens with one attached hydrogen (secondary N) is 1. The first-order valence-corrected chi connectivity index (χ1v) is 10.2. The molecule has 5 nitrogen and oxygen atoms in total. The molecule has 1 aliphatic heterocycles. The zero-order valence-corrected chi connectivity index (χ0v) is 14.9. The standard InChI is InChI=1S/C19H22N2O3S/c1-25(23,24)21-14-8-13-17(21)19(22)20-18(15-9-4-2-5-10-15)16-11-6-3-7-12-16/h2-7,9-12,17-18H,8,13-14H2,1H3,(H,20,22)/t17-/m1/s1. The second-order valence-corrected chi connectivity index (χ2v) is 8.23. The Kier molecular flexibility index (Phi) is 5.20. The molecule has 0 unspecified atom stereocenters. The number of amides is 1. The Hall–Kier alpha value is -2.18. The molecule has 1 N–H and O–H groups in total. The molecule has 132 valence electrons. The second kappa shape index (κ2) is 7.37. The molecule has 0 aliphatic carbocycles. The molecule has 0 saturated carbocycles. The Morgan fingerprint density at radius 3 is 2.04 bits per heavy atom. The van der Waals surface area contributed by atoms with E-state index in [1.54, 1.807) is 0 Å². The van der Waals surface area contributed by atoms with E-state index in [-0.39, 0.29) is 11.9 Å². The van der Waals surface area contributed by atoms with Crippen LogP contribution in [-0.2, 0) is 14.8 Å². The first-order chi connectivity index (χ1) is 12.0. The van der Waals surface area contributed by atoms with Crippen molar-refractivity contribution in [2.24, 2.45) is 0 Å². The maximum absolute atomic E-state index is 12.8. The van der Waals surface area contributed by atoms with E-state index < -0.39 is 16.1 Å². The molecule has 1 fully saturated rings. The predicted molar refractivity (Wildman–Crippen MR) is 97.4 cm³/mol. The molecule has 6 heteroatoms. The SMILES string of the molecule is CS(=O)(=O)N1CCC[C@@H]1C(=O)NC(c1ccccc1)c1ccccc1. The number of hydrogen-bond donors (Lipinski definition) is 1. The van der Waals surface area contributed by atoms with Gasteiger partial charge in [0.05, 0.1) is 12.3 Å². The van der Waals surface area contributed by atoms with Gasteiger partial charge in [-0.2, -0.15) is 4.31 Å². The van der Waals surface area contributed by atoms with Crippen LogP contribution in [0, 0.1) is 0 Å².